The van der Waals surface area contributed by atoms with Crippen molar-refractivity contribution in [1.82, 2.24) is 9.97 Å². The SMILES string of the molecule is COC(=O)Cc1c[nH]c2ccc(OCCCN(C)c3nc4ccccc4o3)cc12. The summed E-state index contributed by atoms with van der Waals surface area (Å²) in [5.41, 5.74) is 3.50. The number of H-pyrrole nitrogens is 1. The van der Waals surface area contributed by atoms with Crippen LogP contribution in [-0.2, 0) is 16.0 Å². The van der Waals surface area contributed by atoms with Gasteiger partial charge in [0.2, 0.25) is 0 Å². The molecule has 0 saturated carbocycles. The van der Waals surface area contributed by atoms with Crippen LogP contribution in [0.4, 0.5) is 6.01 Å². The first kappa shape index (κ1) is 18.9. The maximum atomic E-state index is 11.6. The van der Waals surface area contributed by atoms with Crippen molar-refractivity contribution < 1.29 is 18.7 Å². The molecule has 7 nitrogen and oxygen atoms in total. The molecule has 4 rings (SSSR count). The molecule has 2 heterocycles. The zero-order chi connectivity index (χ0) is 20.2. The Kier molecular flexibility index (Phi) is 5.37. The first-order valence-electron chi connectivity index (χ1n) is 9.50. The van der Waals surface area contributed by atoms with E-state index in [1.54, 1.807) is 0 Å². The molecule has 0 unspecified atom stereocenters. The number of aromatic amines is 1. The number of ether oxygens (including phenoxy) is 2. The Morgan fingerprint density at radius 1 is 1.24 bits per heavy atom. The summed E-state index contributed by atoms with van der Waals surface area (Å²) < 4.78 is 16.4. The minimum atomic E-state index is -0.264. The van der Waals surface area contributed by atoms with Gasteiger partial charge in [-0.2, -0.15) is 4.98 Å². The molecule has 2 aromatic heterocycles. The molecule has 0 atom stereocenters. The third-order valence-electron chi connectivity index (χ3n) is 4.82. The topological polar surface area (TPSA) is 80.6 Å². The molecule has 0 spiro atoms. The number of carbonyl (C=O) groups is 1. The van der Waals surface area contributed by atoms with Gasteiger partial charge < -0.3 is 23.8 Å². The van der Waals surface area contributed by atoms with Crippen molar-refractivity contribution in [2.24, 2.45) is 0 Å². The molecule has 0 saturated heterocycles. The summed E-state index contributed by atoms with van der Waals surface area (Å²) in [5, 5.41) is 0.969. The molecule has 0 aliphatic carbocycles. The molecule has 4 aromatic rings. The second kappa shape index (κ2) is 8.26. The van der Waals surface area contributed by atoms with Crippen LogP contribution in [0.5, 0.6) is 5.75 Å². The molecule has 150 valence electrons. The van der Waals surface area contributed by atoms with Crippen LogP contribution in [0.1, 0.15) is 12.0 Å². The van der Waals surface area contributed by atoms with Gasteiger partial charge in [0.1, 0.15) is 11.3 Å². The number of methoxy groups -OCH3 is 1. The first-order valence-corrected chi connectivity index (χ1v) is 9.50. The average Bonchev–Trinajstić information content (AvgIpc) is 3.35. The van der Waals surface area contributed by atoms with Gasteiger partial charge in [0.05, 0.1) is 20.1 Å². The maximum Gasteiger partial charge on any atom is 0.310 e. The Hall–Kier alpha value is -3.48. The largest absolute Gasteiger partial charge is 0.494 e. The number of oxazole rings is 1. The summed E-state index contributed by atoms with van der Waals surface area (Å²) in [6.45, 7) is 1.32. The Morgan fingerprint density at radius 3 is 2.93 bits per heavy atom. The predicted molar refractivity (Wildman–Crippen MR) is 111 cm³/mol. The van der Waals surface area contributed by atoms with Gasteiger partial charge in [0, 0.05) is 30.7 Å². The zero-order valence-electron chi connectivity index (χ0n) is 16.5. The number of hydrogen-bond acceptors (Lipinski definition) is 6. The lowest BCUT2D eigenvalue weighted by Crippen LogP contribution is -2.20. The van der Waals surface area contributed by atoms with Crippen molar-refractivity contribution in [1.29, 1.82) is 0 Å². The number of rotatable bonds is 8. The standard InChI is InChI=1S/C22H23N3O4/c1-25(22-24-19-6-3-4-7-20(19)29-22)10-5-11-28-16-8-9-18-17(13-16)15(14-23-18)12-21(26)27-2/h3-4,6-9,13-14,23H,5,10-12H2,1-2H3. The third-order valence-corrected chi connectivity index (χ3v) is 4.82. The van der Waals surface area contributed by atoms with E-state index in [9.17, 15) is 4.79 Å². The summed E-state index contributed by atoms with van der Waals surface area (Å²) in [4.78, 5) is 21.2. The van der Waals surface area contributed by atoms with Crippen molar-refractivity contribution in [3.05, 3.63) is 54.2 Å². The number of para-hydroxylation sites is 2. The fourth-order valence-corrected chi connectivity index (χ4v) is 3.23. The number of aromatic nitrogens is 2. The zero-order valence-corrected chi connectivity index (χ0v) is 16.5. The first-order chi connectivity index (χ1) is 14.1. The Labute approximate surface area is 168 Å². The monoisotopic (exact) mass is 393 g/mol. The van der Waals surface area contributed by atoms with Crippen molar-refractivity contribution in [3.63, 3.8) is 0 Å². The fraction of sp³-hybridized carbons (Fsp3) is 0.273. The van der Waals surface area contributed by atoms with E-state index in [1.165, 1.54) is 7.11 Å². The number of anilines is 1. The van der Waals surface area contributed by atoms with Gasteiger partial charge in [-0.3, -0.25) is 4.79 Å². The Morgan fingerprint density at radius 2 is 2.10 bits per heavy atom. The molecule has 0 bridgehead atoms. The average molecular weight is 393 g/mol. The lowest BCUT2D eigenvalue weighted by molar-refractivity contribution is -0.139. The van der Waals surface area contributed by atoms with Crippen molar-refractivity contribution in [2.75, 3.05) is 32.2 Å². The highest BCUT2D eigenvalue weighted by atomic mass is 16.5. The summed E-state index contributed by atoms with van der Waals surface area (Å²) in [6.07, 6.45) is 2.88. The van der Waals surface area contributed by atoms with E-state index in [0.29, 0.717) is 12.6 Å². The lowest BCUT2D eigenvalue weighted by Gasteiger charge is -2.14. The number of carbonyl (C=O) groups excluding carboxylic acids is 1. The van der Waals surface area contributed by atoms with Gasteiger partial charge in [-0.15, -0.1) is 0 Å². The number of esters is 1. The molecule has 0 radical (unpaired) electrons. The van der Waals surface area contributed by atoms with Gasteiger partial charge in [-0.05, 0) is 42.3 Å². The number of hydrogen-bond donors (Lipinski definition) is 1. The van der Waals surface area contributed by atoms with Gasteiger partial charge in [0.15, 0.2) is 5.58 Å². The van der Waals surface area contributed by atoms with Crippen molar-refractivity contribution in [2.45, 2.75) is 12.8 Å². The van der Waals surface area contributed by atoms with E-state index in [-0.39, 0.29) is 12.4 Å². The molecular formula is C22H23N3O4. The van der Waals surface area contributed by atoms with Crippen molar-refractivity contribution in [3.8, 4) is 5.75 Å². The molecule has 0 aliphatic heterocycles. The quantitative estimate of drug-likeness (QED) is 0.361. The minimum absolute atomic E-state index is 0.231. The second-order valence-electron chi connectivity index (χ2n) is 6.86. The number of nitrogens with zero attached hydrogens (tertiary/aromatic N) is 2. The van der Waals surface area contributed by atoms with Gasteiger partial charge in [0.25, 0.3) is 6.01 Å². The van der Waals surface area contributed by atoms with Crippen LogP contribution in [0.15, 0.2) is 53.1 Å². The Bertz CT molecular complexity index is 1100. The maximum absolute atomic E-state index is 11.6. The molecule has 29 heavy (non-hydrogen) atoms. The van der Waals surface area contributed by atoms with Crippen LogP contribution >= 0.6 is 0 Å². The Balaban J connectivity index is 1.33. The van der Waals surface area contributed by atoms with E-state index in [2.05, 4.69) is 9.97 Å². The summed E-state index contributed by atoms with van der Waals surface area (Å²) in [6, 6.07) is 14.2. The van der Waals surface area contributed by atoms with Crippen LogP contribution in [-0.4, -0.2) is 43.2 Å². The highest BCUT2D eigenvalue weighted by molar-refractivity contribution is 5.88. The van der Waals surface area contributed by atoms with Crippen LogP contribution < -0.4 is 9.64 Å². The molecular weight excluding hydrogens is 370 g/mol. The highest BCUT2D eigenvalue weighted by Crippen LogP contribution is 2.25. The summed E-state index contributed by atoms with van der Waals surface area (Å²) in [5.74, 6) is 0.507. The summed E-state index contributed by atoms with van der Waals surface area (Å²) in [7, 11) is 3.35. The molecule has 7 heteroatoms. The van der Waals surface area contributed by atoms with E-state index >= 15 is 0 Å². The molecule has 0 amide bonds. The number of nitrogens with one attached hydrogen (secondary N) is 1. The van der Waals surface area contributed by atoms with Crippen LogP contribution in [0.25, 0.3) is 22.0 Å². The fourth-order valence-electron chi connectivity index (χ4n) is 3.23. The molecule has 0 aliphatic rings. The lowest BCUT2D eigenvalue weighted by atomic mass is 10.1. The summed E-state index contributed by atoms with van der Waals surface area (Å²) >= 11 is 0. The van der Waals surface area contributed by atoms with E-state index < -0.39 is 0 Å². The van der Waals surface area contributed by atoms with Crippen LogP contribution in [0.2, 0.25) is 0 Å². The predicted octanol–water partition coefficient (Wildman–Crippen LogP) is 3.93. The highest BCUT2D eigenvalue weighted by Gasteiger charge is 2.11. The smallest absolute Gasteiger partial charge is 0.310 e. The molecule has 1 N–H and O–H groups in total. The normalized spacial score (nSPS) is 11.1. The third kappa shape index (κ3) is 4.18. The van der Waals surface area contributed by atoms with Gasteiger partial charge >= 0.3 is 5.97 Å². The van der Waals surface area contributed by atoms with E-state index in [0.717, 1.165) is 46.3 Å². The van der Waals surface area contributed by atoms with Gasteiger partial charge in [-0.25, -0.2) is 0 Å². The van der Waals surface area contributed by atoms with Crippen LogP contribution in [0, 0.1) is 0 Å². The number of fused-ring (bicyclic) bond motifs is 2. The van der Waals surface area contributed by atoms with Gasteiger partial charge in [-0.1, -0.05) is 12.1 Å². The second-order valence-corrected chi connectivity index (χ2v) is 6.86. The van der Waals surface area contributed by atoms with Crippen LogP contribution in [0.3, 0.4) is 0 Å². The number of benzene rings is 2. The molecule has 0 fully saturated rings. The van der Waals surface area contributed by atoms with E-state index in [1.807, 2.05) is 60.6 Å². The van der Waals surface area contributed by atoms with Crippen molar-refractivity contribution >= 4 is 34.0 Å². The minimum Gasteiger partial charge on any atom is -0.494 e. The molecule has 2 aromatic carbocycles. The van der Waals surface area contributed by atoms with E-state index in [4.69, 9.17) is 13.9 Å².